The first-order valence-electron chi connectivity index (χ1n) is 19.1. The summed E-state index contributed by atoms with van der Waals surface area (Å²) in [5, 5.41) is 25.0. The van der Waals surface area contributed by atoms with Crippen molar-refractivity contribution in [1.29, 1.82) is 0 Å². The molecular weight excluding hydrogens is 713 g/mol. The molecule has 4 aliphatic rings. The summed E-state index contributed by atoms with van der Waals surface area (Å²) in [5.41, 5.74) is 3.81. The molecule has 1 aromatic heterocycles. The van der Waals surface area contributed by atoms with Crippen molar-refractivity contribution >= 4 is 47.1 Å². The summed E-state index contributed by atoms with van der Waals surface area (Å²) in [4.78, 5) is 84.6. The molecule has 292 valence electrons. The first-order valence-corrected chi connectivity index (χ1v) is 20.3. The Bertz CT molecular complexity index is 1720. The first-order chi connectivity index (χ1) is 25.8. The highest BCUT2D eigenvalue weighted by Crippen LogP contribution is 2.35. The summed E-state index contributed by atoms with van der Waals surface area (Å²) in [7, 11) is 0. The highest BCUT2D eigenvalue weighted by molar-refractivity contribution is 7.99. The smallest absolute Gasteiger partial charge is 0.287 e. The molecule has 3 saturated heterocycles. The van der Waals surface area contributed by atoms with Crippen LogP contribution < -0.4 is 16.4 Å². The standard InChI is InChI=1S/C38H52N8O7S/c1-37(2,53)30-22-40-43-46(30)27-21-29(34(50)42-38(31(47)32(39)48)14-18-54-19-15-38)45(23-27)36(52)28(20-24-8-4-3-5-9-24)41-33(49)25-10-12-26(13-11-25)35(51)44-16-6-7-17-44/h10-13,22,24,27-29,53H,3-9,14-21,23H2,1-2H3,(H2,39,48)(H,41,49)(H,42,50)/t27-,28+,29-/m0/s1. The molecule has 0 bridgehead atoms. The van der Waals surface area contributed by atoms with E-state index in [0.717, 1.165) is 44.9 Å². The van der Waals surface area contributed by atoms with Gasteiger partial charge in [-0.2, -0.15) is 11.8 Å². The zero-order chi connectivity index (χ0) is 38.6. The third kappa shape index (κ3) is 8.64. The van der Waals surface area contributed by atoms with Crippen molar-refractivity contribution in [3.63, 3.8) is 0 Å². The number of ketones is 1. The monoisotopic (exact) mass is 764 g/mol. The first kappa shape index (κ1) is 39.4. The average Bonchev–Trinajstić information content (AvgIpc) is 3.96. The highest BCUT2D eigenvalue weighted by Gasteiger charge is 2.49. The van der Waals surface area contributed by atoms with Gasteiger partial charge in [0.15, 0.2) is 0 Å². The fourth-order valence-electron chi connectivity index (χ4n) is 8.40. The second-order valence-corrected chi connectivity index (χ2v) is 17.0. The lowest BCUT2D eigenvalue weighted by atomic mass is 9.84. The summed E-state index contributed by atoms with van der Waals surface area (Å²) in [5.74, 6) is -2.41. The van der Waals surface area contributed by atoms with Crippen molar-refractivity contribution in [2.75, 3.05) is 31.1 Å². The van der Waals surface area contributed by atoms with Crippen LogP contribution in [0.5, 0.6) is 0 Å². The molecule has 54 heavy (non-hydrogen) atoms. The predicted octanol–water partition coefficient (Wildman–Crippen LogP) is 2.09. The lowest BCUT2D eigenvalue weighted by Crippen LogP contribution is -2.63. The van der Waals surface area contributed by atoms with Crippen LogP contribution in [0.15, 0.2) is 30.5 Å². The van der Waals surface area contributed by atoms with Crippen LogP contribution in [-0.2, 0) is 24.8 Å². The third-order valence-corrected chi connectivity index (χ3v) is 12.4. The van der Waals surface area contributed by atoms with E-state index < -0.39 is 58.7 Å². The number of nitrogens with zero attached hydrogens (tertiary/aromatic N) is 5. The van der Waals surface area contributed by atoms with Crippen molar-refractivity contribution < 1.29 is 33.9 Å². The molecular formula is C38H52N8O7S. The molecule has 16 heteroatoms. The molecule has 6 rings (SSSR count). The van der Waals surface area contributed by atoms with E-state index in [-0.39, 0.29) is 37.6 Å². The maximum Gasteiger partial charge on any atom is 0.287 e. The number of rotatable bonds is 12. The average molecular weight is 765 g/mol. The topological polar surface area (TPSA) is 210 Å². The van der Waals surface area contributed by atoms with Crippen molar-refractivity contribution in [2.45, 2.75) is 114 Å². The van der Waals surface area contributed by atoms with Gasteiger partial charge in [-0.3, -0.25) is 28.8 Å². The minimum Gasteiger partial charge on any atom is -0.384 e. The van der Waals surface area contributed by atoms with E-state index in [0.29, 0.717) is 47.8 Å². The Balaban J connectivity index is 1.29. The van der Waals surface area contributed by atoms with E-state index in [2.05, 4.69) is 20.9 Å². The molecule has 3 aliphatic heterocycles. The number of carbonyl (C=O) groups is 6. The maximum atomic E-state index is 14.8. The molecule has 4 fully saturated rings. The number of aromatic nitrogens is 3. The number of primary amides is 1. The van der Waals surface area contributed by atoms with E-state index in [1.54, 1.807) is 54.8 Å². The zero-order valence-electron chi connectivity index (χ0n) is 31.1. The predicted molar refractivity (Wildman–Crippen MR) is 200 cm³/mol. The number of likely N-dealkylation sites (tertiary alicyclic amines) is 2. The van der Waals surface area contributed by atoms with Crippen LogP contribution in [0.3, 0.4) is 0 Å². The van der Waals surface area contributed by atoms with Crippen LogP contribution in [0.4, 0.5) is 0 Å². The Labute approximate surface area is 319 Å². The molecule has 3 atom stereocenters. The molecule has 0 radical (unpaired) electrons. The number of amides is 5. The summed E-state index contributed by atoms with van der Waals surface area (Å²) in [6.07, 6.45) is 9.19. The van der Waals surface area contributed by atoms with Gasteiger partial charge in [-0.05, 0) is 87.6 Å². The Morgan fingerprint density at radius 2 is 1.63 bits per heavy atom. The molecule has 5 N–H and O–H groups in total. The largest absolute Gasteiger partial charge is 0.384 e. The van der Waals surface area contributed by atoms with E-state index in [1.165, 1.54) is 15.8 Å². The Morgan fingerprint density at radius 1 is 0.981 bits per heavy atom. The fraction of sp³-hybridized carbons (Fsp3) is 0.632. The van der Waals surface area contributed by atoms with Gasteiger partial charge in [0.05, 0.1) is 17.9 Å². The normalized spacial score (nSPS) is 22.4. The van der Waals surface area contributed by atoms with Gasteiger partial charge in [-0.1, -0.05) is 37.3 Å². The van der Waals surface area contributed by atoms with E-state index in [4.69, 9.17) is 5.73 Å². The van der Waals surface area contributed by atoms with Gasteiger partial charge in [-0.15, -0.1) is 5.10 Å². The number of carbonyl (C=O) groups excluding carboxylic acids is 6. The van der Waals surface area contributed by atoms with Gasteiger partial charge in [0.2, 0.25) is 17.6 Å². The molecule has 5 amide bonds. The minimum absolute atomic E-state index is 0.0142. The molecule has 15 nitrogen and oxygen atoms in total. The fourth-order valence-corrected chi connectivity index (χ4v) is 9.59. The summed E-state index contributed by atoms with van der Waals surface area (Å²) in [6.45, 7) is 4.62. The van der Waals surface area contributed by atoms with Gasteiger partial charge < -0.3 is 31.3 Å². The summed E-state index contributed by atoms with van der Waals surface area (Å²) >= 11 is 1.60. The van der Waals surface area contributed by atoms with Crippen molar-refractivity contribution in [3.05, 3.63) is 47.3 Å². The number of hydrogen-bond acceptors (Lipinski definition) is 10. The maximum absolute atomic E-state index is 14.8. The lowest BCUT2D eigenvalue weighted by molar-refractivity contribution is -0.145. The van der Waals surface area contributed by atoms with Gasteiger partial charge in [0, 0.05) is 37.2 Å². The Hall–Kier alpha value is -4.31. The second-order valence-electron chi connectivity index (χ2n) is 15.7. The number of hydrogen-bond donors (Lipinski definition) is 4. The summed E-state index contributed by atoms with van der Waals surface area (Å²) < 4.78 is 1.52. The molecule has 1 aromatic carbocycles. The summed E-state index contributed by atoms with van der Waals surface area (Å²) in [6, 6.07) is 3.76. The van der Waals surface area contributed by atoms with E-state index in [9.17, 15) is 33.9 Å². The van der Waals surface area contributed by atoms with Gasteiger partial charge in [-0.25, -0.2) is 4.68 Å². The number of Topliss-reactive ketones (excluding diaryl/α,β-unsaturated/α-hetero) is 1. The van der Waals surface area contributed by atoms with Gasteiger partial charge in [0.1, 0.15) is 23.2 Å². The van der Waals surface area contributed by atoms with Crippen LogP contribution in [0, 0.1) is 5.92 Å². The Kier molecular flexibility index (Phi) is 12.1. The number of nitrogens with two attached hydrogens (primary N) is 1. The third-order valence-electron chi connectivity index (χ3n) is 11.5. The zero-order valence-corrected chi connectivity index (χ0v) is 31.9. The van der Waals surface area contributed by atoms with Crippen LogP contribution in [0.1, 0.15) is 117 Å². The van der Waals surface area contributed by atoms with Crippen LogP contribution >= 0.6 is 11.8 Å². The quantitative estimate of drug-likeness (QED) is 0.231. The molecule has 1 aliphatic carbocycles. The second kappa shape index (κ2) is 16.6. The number of aliphatic hydroxyl groups is 1. The SMILES string of the molecule is CC(C)(O)c1cnnn1[C@H]1C[C@@H](C(=O)NC2(C(=O)C(N)=O)CCSCC2)N(C(=O)[C@@H](CC2CCCCC2)NC(=O)c2ccc(C(=O)N3CCCC3)cc2)C1. The van der Waals surface area contributed by atoms with Crippen molar-refractivity contribution in [2.24, 2.45) is 11.7 Å². The molecule has 1 saturated carbocycles. The van der Waals surface area contributed by atoms with Gasteiger partial charge in [0.25, 0.3) is 17.7 Å². The number of benzene rings is 1. The molecule has 0 spiro atoms. The molecule has 0 unspecified atom stereocenters. The lowest BCUT2D eigenvalue weighted by Gasteiger charge is -2.37. The minimum atomic E-state index is -1.50. The molecule has 2 aromatic rings. The Morgan fingerprint density at radius 3 is 2.26 bits per heavy atom. The highest BCUT2D eigenvalue weighted by atomic mass is 32.2. The van der Waals surface area contributed by atoms with Crippen molar-refractivity contribution in [1.82, 2.24) is 35.4 Å². The van der Waals surface area contributed by atoms with E-state index in [1.807, 2.05) is 0 Å². The number of nitrogens with one attached hydrogen (secondary N) is 2. The van der Waals surface area contributed by atoms with Gasteiger partial charge >= 0.3 is 0 Å². The van der Waals surface area contributed by atoms with E-state index >= 15 is 0 Å². The molecule has 4 heterocycles. The number of thioether (sulfide) groups is 1. The van der Waals surface area contributed by atoms with Crippen LogP contribution in [0.2, 0.25) is 0 Å². The van der Waals surface area contributed by atoms with Crippen LogP contribution in [-0.4, -0.2) is 114 Å². The van der Waals surface area contributed by atoms with Crippen molar-refractivity contribution in [3.8, 4) is 0 Å². The van der Waals surface area contributed by atoms with Crippen LogP contribution in [0.25, 0.3) is 0 Å².